The Morgan fingerprint density at radius 1 is 1.35 bits per heavy atom. The lowest BCUT2D eigenvalue weighted by Crippen LogP contribution is -2.60. The first-order chi connectivity index (χ1) is 9.19. The van der Waals surface area contributed by atoms with Gasteiger partial charge in [0.25, 0.3) is 0 Å². The highest BCUT2D eigenvalue weighted by molar-refractivity contribution is 5.55. The molecule has 0 aliphatic carbocycles. The van der Waals surface area contributed by atoms with Crippen LogP contribution < -0.4 is 10.6 Å². The van der Waals surface area contributed by atoms with Crippen molar-refractivity contribution in [2.45, 2.75) is 57.7 Å². The zero-order valence-electron chi connectivity index (χ0n) is 12.4. The normalized spacial score (nSPS) is 21.4. The number of aromatic nitrogens is 1. The summed E-state index contributed by atoms with van der Waals surface area (Å²) in [6.07, 6.45) is 3.36. The van der Waals surface area contributed by atoms with Crippen LogP contribution in [0.3, 0.4) is 0 Å². The summed E-state index contributed by atoms with van der Waals surface area (Å²) in [6.45, 7) is 8.59. The Labute approximate surface area is 119 Å². The van der Waals surface area contributed by atoms with Gasteiger partial charge in [-0.2, -0.15) is 0 Å². The van der Waals surface area contributed by atoms with Gasteiger partial charge in [-0.3, -0.25) is 10.1 Å². The van der Waals surface area contributed by atoms with E-state index in [1.54, 1.807) is 12.3 Å². The maximum absolute atomic E-state index is 11.0. The minimum absolute atomic E-state index is 0.0109. The number of hydrogen-bond acceptors (Lipinski definition) is 5. The lowest BCUT2D eigenvalue weighted by Gasteiger charge is -2.46. The number of pyridine rings is 1. The molecule has 6 heteroatoms. The quantitative estimate of drug-likeness (QED) is 0.656. The van der Waals surface area contributed by atoms with Crippen molar-refractivity contribution in [2.24, 2.45) is 0 Å². The Hall–Kier alpha value is -1.69. The van der Waals surface area contributed by atoms with Crippen LogP contribution in [0.4, 0.5) is 11.5 Å². The van der Waals surface area contributed by atoms with Crippen molar-refractivity contribution in [1.29, 1.82) is 0 Å². The monoisotopic (exact) mass is 278 g/mol. The molecule has 1 saturated heterocycles. The van der Waals surface area contributed by atoms with Crippen molar-refractivity contribution in [3.05, 3.63) is 28.4 Å². The predicted octanol–water partition coefficient (Wildman–Crippen LogP) is 2.71. The molecule has 0 aromatic carbocycles. The summed E-state index contributed by atoms with van der Waals surface area (Å²) in [5.74, 6) is 0.357. The molecule has 2 rings (SSSR count). The fraction of sp³-hybridized carbons (Fsp3) is 0.643. The molecule has 2 heterocycles. The molecule has 2 N–H and O–H groups in total. The van der Waals surface area contributed by atoms with Crippen LogP contribution in [-0.2, 0) is 0 Å². The molecule has 20 heavy (non-hydrogen) atoms. The summed E-state index contributed by atoms with van der Waals surface area (Å²) in [6, 6.07) is 3.22. The van der Waals surface area contributed by atoms with E-state index in [4.69, 9.17) is 0 Å². The molecule has 1 fully saturated rings. The van der Waals surface area contributed by atoms with Crippen LogP contribution in [-0.4, -0.2) is 27.0 Å². The fourth-order valence-corrected chi connectivity index (χ4v) is 3.27. The number of rotatable bonds is 3. The van der Waals surface area contributed by atoms with E-state index in [0.29, 0.717) is 5.82 Å². The van der Waals surface area contributed by atoms with Crippen molar-refractivity contribution in [3.8, 4) is 0 Å². The molecular weight excluding hydrogens is 256 g/mol. The van der Waals surface area contributed by atoms with E-state index in [1.165, 1.54) is 6.07 Å². The van der Waals surface area contributed by atoms with E-state index < -0.39 is 4.92 Å². The van der Waals surface area contributed by atoms with Crippen LogP contribution in [0.1, 0.15) is 40.5 Å². The lowest BCUT2D eigenvalue weighted by atomic mass is 9.79. The van der Waals surface area contributed by atoms with Crippen molar-refractivity contribution >= 4 is 11.5 Å². The zero-order valence-corrected chi connectivity index (χ0v) is 12.4. The third-order valence-corrected chi connectivity index (χ3v) is 3.51. The molecule has 1 aliphatic heterocycles. The van der Waals surface area contributed by atoms with Gasteiger partial charge in [-0.15, -0.1) is 0 Å². The van der Waals surface area contributed by atoms with Crippen LogP contribution in [0.15, 0.2) is 18.3 Å². The van der Waals surface area contributed by atoms with Crippen molar-refractivity contribution in [1.82, 2.24) is 10.3 Å². The molecule has 0 atom stereocenters. The van der Waals surface area contributed by atoms with Crippen LogP contribution in [0.2, 0.25) is 0 Å². The van der Waals surface area contributed by atoms with Gasteiger partial charge in [0.2, 0.25) is 5.82 Å². The second-order valence-corrected chi connectivity index (χ2v) is 6.77. The first-order valence-corrected chi connectivity index (χ1v) is 6.84. The molecule has 0 radical (unpaired) electrons. The fourth-order valence-electron chi connectivity index (χ4n) is 3.27. The topological polar surface area (TPSA) is 80.1 Å². The maximum Gasteiger partial charge on any atom is 0.311 e. The number of nitrogens with one attached hydrogen (secondary N) is 2. The molecule has 0 unspecified atom stereocenters. The SMILES string of the molecule is CC1(C)CC(Nc2ncccc2[N+](=O)[O-])CC(C)(C)N1. The first-order valence-electron chi connectivity index (χ1n) is 6.84. The molecule has 0 bridgehead atoms. The number of piperidine rings is 1. The molecule has 6 nitrogen and oxygen atoms in total. The summed E-state index contributed by atoms with van der Waals surface area (Å²) < 4.78 is 0. The van der Waals surface area contributed by atoms with Gasteiger partial charge >= 0.3 is 5.69 Å². The second kappa shape index (κ2) is 5.01. The van der Waals surface area contributed by atoms with Crippen LogP contribution in [0.25, 0.3) is 0 Å². The minimum Gasteiger partial charge on any atom is -0.361 e. The molecular formula is C14H22N4O2. The summed E-state index contributed by atoms with van der Waals surface area (Å²) >= 11 is 0. The Balaban J connectivity index is 2.20. The van der Waals surface area contributed by atoms with Crippen molar-refractivity contribution in [2.75, 3.05) is 5.32 Å². The highest BCUT2D eigenvalue weighted by Gasteiger charge is 2.38. The summed E-state index contributed by atoms with van der Waals surface area (Å²) in [7, 11) is 0. The molecule has 1 aliphatic rings. The number of nitrogens with zero attached hydrogens (tertiary/aromatic N) is 2. The summed E-state index contributed by atoms with van der Waals surface area (Å²) in [5, 5.41) is 17.9. The van der Waals surface area contributed by atoms with Gasteiger partial charge in [0.15, 0.2) is 0 Å². The number of nitro groups is 1. The number of hydrogen-bond donors (Lipinski definition) is 2. The van der Waals surface area contributed by atoms with Crippen LogP contribution in [0, 0.1) is 10.1 Å². The van der Waals surface area contributed by atoms with E-state index >= 15 is 0 Å². The van der Waals surface area contributed by atoms with Gasteiger partial charge < -0.3 is 10.6 Å². The predicted molar refractivity (Wildman–Crippen MR) is 78.8 cm³/mol. The first kappa shape index (κ1) is 14.7. The van der Waals surface area contributed by atoms with E-state index in [2.05, 4.69) is 43.3 Å². The second-order valence-electron chi connectivity index (χ2n) is 6.77. The van der Waals surface area contributed by atoms with E-state index in [9.17, 15) is 10.1 Å². The van der Waals surface area contributed by atoms with Gasteiger partial charge in [-0.05, 0) is 46.6 Å². The molecule has 0 spiro atoms. The van der Waals surface area contributed by atoms with Gasteiger partial charge in [0, 0.05) is 29.4 Å². The third-order valence-electron chi connectivity index (χ3n) is 3.51. The molecule has 0 amide bonds. The summed E-state index contributed by atoms with van der Waals surface area (Å²) in [5.41, 5.74) is 0.00743. The standard InChI is InChI=1S/C14H22N4O2/c1-13(2)8-10(9-14(3,4)17-13)16-12-11(18(19)20)6-5-7-15-12/h5-7,10,17H,8-9H2,1-4H3,(H,15,16). The largest absolute Gasteiger partial charge is 0.361 e. The molecule has 1 aromatic heterocycles. The average Bonchev–Trinajstić information content (AvgIpc) is 2.24. The average molecular weight is 278 g/mol. The van der Waals surface area contributed by atoms with Gasteiger partial charge in [0.1, 0.15) is 0 Å². The minimum atomic E-state index is -0.396. The maximum atomic E-state index is 11.0. The number of anilines is 1. The van der Waals surface area contributed by atoms with E-state index in [1.807, 2.05) is 0 Å². The molecule has 0 saturated carbocycles. The van der Waals surface area contributed by atoms with Gasteiger partial charge in [-0.25, -0.2) is 4.98 Å². The third kappa shape index (κ3) is 3.45. The van der Waals surface area contributed by atoms with Gasteiger partial charge in [0.05, 0.1) is 4.92 Å². The van der Waals surface area contributed by atoms with Crippen molar-refractivity contribution < 1.29 is 4.92 Å². The molecule has 1 aromatic rings. The molecule has 110 valence electrons. The lowest BCUT2D eigenvalue weighted by molar-refractivity contribution is -0.384. The van der Waals surface area contributed by atoms with Crippen molar-refractivity contribution in [3.63, 3.8) is 0 Å². The smallest absolute Gasteiger partial charge is 0.311 e. The summed E-state index contributed by atoms with van der Waals surface area (Å²) in [4.78, 5) is 14.8. The van der Waals surface area contributed by atoms with Crippen LogP contribution in [0.5, 0.6) is 0 Å². The van der Waals surface area contributed by atoms with Crippen LogP contribution >= 0.6 is 0 Å². The zero-order chi connectivity index (χ0) is 15.0. The van der Waals surface area contributed by atoms with E-state index in [0.717, 1.165) is 12.8 Å². The Kier molecular flexibility index (Phi) is 3.69. The Bertz CT molecular complexity index is 498. The Morgan fingerprint density at radius 3 is 2.50 bits per heavy atom. The Morgan fingerprint density at radius 2 is 1.95 bits per heavy atom. The van der Waals surface area contributed by atoms with E-state index in [-0.39, 0.29) is 22.8 Å². The van der Waals surface area contributed by atoms with Gasteiger partial charge in [-0.1, -0.05) is 0 Å². The highest BCUT2D eigenvalue weighted by Crippen LogP contribution is 2.31. The highest BCUT2D eigenvalue weighted by atomic mass is 16.6.